The lowest BCUT2D eigenvalue weighted by molar-refractivity contribution is -0.286. The van der Waals surface area contributed by atoms with Gasteiger partial charge < -0.3 is 44.8 Å². The lowest BCUT2D eigenvalue weighted by Crippen LogP contribution is -2.56. The fraction of sp³-hybridized carbons (Fsp3) is 0.333. The van der Waals surface area contributed by atoms with Crippen molar-refractivity contribution in [2.75, 3.05) is 6.61 Å². The Bertz CT molecular complexity index is 1440. The third-order valence-corrected chi connectivity index (χ3v) is 7.20. The molecule has 0 radical (unpaired) electrons. The summed E-state index contributed by atoms with van der Waals surface area (Å²) in [5, 5.41) is 59.7. The highest BCUT2D eigenvalue weighted by Crippen LogP contribution is 2.28. The molecule has 6 N–H and O–H groups in total. The summed E-state index contributed by atoms with van der Waals surface area (Å²) in [6.45, 7) is -0.295. The van der Waals surface area contributed by atoms with Gasteiger partial charge in [-0.15, -0.1) is 0 Å². The number of ketones is 1. The van der Waals surface area contributed by atoms with Gasteiger partial charge in [0.25, 0.3) is 0 Å². The fourth-order valence-corrected chi connectivity index (χ4v) is 4.73. The first kappa shape index (κ1) is 32.5. The van der Waals surface area contributed by atoms with Gasteiger partial charge in [0.15, 0.2) is 35.4 Å². The highest BCUT2D eigenvalue weighted by atomic mass is 16.7. The highest BCUT2D eigenvalue weighted by Gasteiger charge is 2.43. The smallest absolute Gasteiger partial charge is 0.331 e. The number of ether oxygens (including phenoxy) is 3. The monoisotopic (exact) mass is 608 g/mol. The van der Waals surface area contributed by atoms with Crippen molar-refractivity contribution in [2.45, 2.75) is 62.8 Å². The molecule has 0 bridgehead atoms. The maximum absolute atomic E-state index is 13.0. The number of phenolic OH excluding ortho intramolecular Hbond substituents is 4. The highest BCUT2D eigenvalue weighted by molar-refractivity contribution is 5.87. The number of carbonyl (C=O) groups excluding carboxylic acids is 2. The molecule has 44 heavy (non-hydrogen) atoms. The molecule has 5 atom stereocenters. The normalized spacial score (nSPS) is 20.8. The summed E-state index contributed by atoms with van der Waals surface area (Å²) in [5.41, 5.74) is 2.06. The van der Waals surface area contributed by atoms with Crippen LogP contribution < -0.4 is 0 Å². The van der Waals surface area contributed by atoms with Crippen molar-refractivity contribution in [3.8, 4) is 23.0 Å². The van der Waals surface area contributed by atoms with Crippen molar-refractivity contribution in [2.24, 2.45) is 0 Å². The van der Waals surface area contributed by atoms with Crippen LogP contribution in [0.4, 0.5) is 0 Å². The molecule has 4 rings (SSSR count). The SMILES string of the molecule is O=C(CCc1ccc(O)c(O)c1)C[C@H](CCc1ccc(O)c(O)c1)O[C@H]1OC[C@H](O)[C@@H](O)[C@@H]1OC(=O)/C=C/c1ccccc1. The van der Waals surface area contributed by atoms with Crippen molar-refractivity contribution < 1.29 is 54.4 Å². The van der Waals surface area contributed by atoms with Crippen molar-refractivity contribution in [3.63, 3.8) is 0 Å². The van der Waals surface area contributed by atoms with Gasteiger partial charge in [0, 0.05) is 18.9 Å². The Morgan fingerprint density at radius 2 is 1.50 bits per heavy atom. The molecule has 1 aliphatic rings. The molecular weight excluding hydrogens is 572 g/mol. The number of hydrogen-bond donors (Lipinski definition) is 6. The third-order valence-electron chi connectivity index (χ3n) is 7.20. The van der Waals surface area contributed by atoms with Crippen molar-refractivity contribution in [3.05, 3.63) is 89.5 Å². The van der Waals surface area contributed by atoms with Crippen LogP contribution in [0.1, 0.15) is 36.0 Å². The number of esters is 1. The number of rotatable bonds is 13. The van der Waals surface area contributed by atoms with Gasteiger partial charge in [0.2, 0.25) is 0 Å². The topological polar surface area (TPSA) is 183 Å². The Hall–Kier alpha value is -4.42. The van der Waals surface area contributed by atoms with Crippen LogP contribution in [0.3, 0.4) is 0 Å². The molecular formula is C33H36O11. The Kier molecular flexibility index (Phi) is 11.3. The molecule has 0 amide bonds. The van der Waals surface area contributed by atoms with E-state index in [2.05, 4.69) is 0 Å². The summed E-state index contributed by atoms with van der Waals surface area (Å²) in [4.78, 5) is 25.7. The molecule has 0 unspecified atom stereocenters. The molecule has 234 valence electrons. The zero-order chi connectivity index (χ0) is 31.6. The third kappa shape index (κ3) is 9.29. The summed E-state index contributed by atoms with van der Waals surface area (Å²) in [5.74, 6) is -2.11. The zero-order valence-corrected chi connectivity index (χ0v) is 23.9. The summed E-state index contributed by atoms with van der Waals surface area (Å²) >= 11 is 0. The van der Waals surface area contributed by atoms with E-state index in [0.29, 0.717) is 24.0 Å². The van der Waals surface area contributed by atoms with Crippen LogP contribution >= 0.6 is 0 Å². The minimum atomic E-state index is -1.52. The van der Waals surface area contributed by atoms with Crippen LogP contribution in [0.15, 0.2) is 72.8 Å². The van der Waals surface area contributed by atoms with Crippen LogP contribution in [-0.4, -0.2) is 79.7 Å². The van der Waals surface area contributed by atoms with Gasteiger partial charge in [0.05, 0.1) is 12.7 Å². The largest absolute Gasteiger partial charge is 0.504 e. The first-order chi connectivity index (χ1) is 21.1. The second-order valence-corrected chi connectivity index (χ2v) is 10.6. The molecule has 1 saturated heterocycles. The standard InChI is InChI=1S/C33H36O11/c34-23(11-6-21-8-13-25(35)27(37)16-21)18-24(12-7-22-9-14-26(36)28(38)17-22)43-33-32(31(41)29(39)19-42-33)44-30(40)15-10-20-4-2-1-3-5-20/h1-5,8-10,13-17,24,29,31-33,35-39,41H,6-7,11-12,18-19H2/b15-10+/t24-,29-,31+,32-,33+/m0/s1. The lowest BCUT2D eigenvalue weighted by atomic mass is 9.99. The summed E-state index contributed by atoms with van der Waals surface area (Å²) in [6.07, 6.45) is -2.74. The Labute approximate surface area is 254 Å². The van der Waals surface area contributed by atoms with E-state index in [1.807, 2.05) is 6.07 Å². The van der Waals surface area contributed by atoms with E-state index >= 15 is 0 Å². The van der Waals surface area contributed by atoms with Crippen LogP contribution in [0.25, 0.3) is 6.08 Å². The first-order valence-corrected chi connectivity index (χ1v) is 14.2. The molecule has 11 nitrogen and oxygen atoms in total. The summed E-state index contributed by atoms with van der Waals surface area (Å²) in [6, 6.07) is 17.7. The van der Waals surface area contributed by atoms with Crippen molar-refractivity contribution >= 4 is 17.8 Å². The van der Waals surface area contributed by atoms with E-state index in [4.69, 9.17) is 14.2 Å². The average molecular weight is 609 g/mol. The minimum Gasteiger partial charge on any atom is -0.504 e. The predicted octanol–water partition coefficient (Wildman–Crippen LogP) is 3.12. The molecule has 3 aromatic carbocycles. The van der Waals surface area contributed by atoms with E-state index in [1.54, 1.807) is 36.4 Å². The quantitative estimate of drug-likeness (QED) is 0.0952. The van der Waals surface area contributed by atoms with Crippen molar-refractivity contribution in [1.82, 2.24) is 0 Å². The van der Waals surface area contributed by atoms with Gasteiger partial charge in [-0.05, 0) is 66.3 Å². The second kappa shape index (κ2) is 15.3. The van der Waals surface area contributed by atoms with Crippen molar-refractivity contribution in [1.29, 1.82) is 0 Å². The molecule has 1 heterocycles. The van der Waals surface area contributed by atoms with E-state index in [0.717, 1.165) is 5.56 Å². The zero-order valence-electron chi connectivity index (χ0n) is 23.9. The van der Waals surface area contributed by atoms with Crippen LogP contribution in [0.5, 0.6) is 23.0 Å². The molecule has 0 aromatic heterocycles. The molecule has 1 aliphatic heterocycles. The van der Waals surface area contributed by atoms with Gasteiger partial charge in [0.1, 0.15) is 18.0 Å². The maximum atomic E-state index is 13.0. The predicted molar refractivity (Wildman–Crippen MR) is 158 cm³/mol. The van der Waals surface area contributed by atoms with E-state index in [-0.39, 0.29) is 54.7 Å². The Morgan fingerprint density at radius 1 is 0.864 bits per heavy atom. The van der Waals surface area contributed by atoms with Crippen LogP contribution in [0.2, 0.25) is 0 Å². The molecule has 0 spiro atoms. The molecule has 11 heteroatoms. The van der Waals surface area contributed by atoms with Gasteiger partial charge in [-0.2, -0.15) is 0 Å². The summed E-state index contributed by atoms with van der Waals surface area (Å²) < 4.78 is 17.2. The second-order valence-electron chi connectivity index (χ2n) is 10.6. The fourth-order valence-electron chi connectivity index (χ4n) is 4.73. The number of hydrogen-bond acceptors (Lipinski definition) is 11. The number of Topliss-reactive ketones (excluding diaryl/α,β-unsaturated/α-hetero) is 1. The van der Waals surface area contributed by atoms with E-state index in [1.165, 1.54) is 36.4 Å². The first-order valence-electron chi connectivity index (χ1n) is 14.2. The lowest BCUT2D eigenvalue weighted by Gasteiger charge is -2.38. The molecule has 0 aliphatic carbocycles. The van der Waals surface area contributed by atoms with E-state index < -0.39 is 36.7 Å². The molecule has 3 aromatic rings. The molecule has 1 fully saturated rings. The number of phenols is 4. The van der Waals surface area contributed by atoms with Crippen LogP contribution in [0, 0.1) is 0 Å². The number of aliphatic hydroxyl groups excluding tert-OH is 2. The number of benzene rings is 3. The van der Waals surface area contributed by atoms with Gasteiger partial charge in [-0.1, -0.05) is 42.5 Å². The Balaban J connectivity index is 1.46. The van der Waals surface area contributed by atoms with Gasteiger partial charge in [-0.3, -0.25) is 4.79 Å². The van der Waals surface area contributed by atoms with Crippen LogP contribution in [-0.2, 0) is 36.6 Å². The maximum Gasteiger partial charge on any atom is 0.331 e. The minimum absolute atomic E-state index is 0.0821. The molecule has 0 saturated carbocycles. The number of aromatic hydroxyl groups is 4. The number of aryl methyl sites for hydroxylation is 2. The van der Waals surface area contributed by atoms with Gasteiger partial charge >= 0.3 is 5.97 Å². The average Bonchev–Trinajstić information content (AvgIpc) is 3.01. The van der Waals surface area contributed by atoms with E-state index in [9.17, 15) is 40.2 Å². The summed E-state index contributed by atoms with van der Waals surface area (Å²) in [7, 11) is 0. The number of aliphatic hydroxyl groups is 2. The number of carbonyl (C=O) groups is 2. The Morgan fingerprint density at radius 3 is 2.14 bits per heavy atom. The van der Waals surface area contributed by atoms with Gasteiger partial charge in [-0.25, -0.2) is 4.79 Å².